The van der Waals surface area contributed by atoms with Gasteiger partial charge in [-0.15, -0.1) is 0 Å². The molecule has 0 fully saturated rings. The molecule has 192 valence electrons. The summed E-state index contributed by atoms with van der Waals surface area (Å²) in [5.41, 5.74) is 20.3. The Morgan fingerprint density at radius 3 is 1.32 bits per heavy atom. The Balaban J connectivity index is 1.69. The number of hydrogen-bond donors (Lipinski definition) is 0. The summed E-state index contributed by atoms with van der Waals surface area (Å²) in [6.45, 7) is 22.9. The van der Waals surface area contributed by atoms with Gasteiger partial charge in [-0.05, 0) is 165 Å². The van der Waals surface area contributed by atoms with E-state index < -0.39 is 0 Å². The molecule has 0 N–H and O–H groups in total. The summed E-state index contributed by atoms with van der Waals surface area (Å²) in [4.78, 5) is 0. The highest BCUT2D eigenvalue weighted by Crippen LogP contribution is 2.36. The van der Waals surface area contributed by atoms with Gasteiger partial charge in [0.15, 0.2) is 0 Å². The third kappa shape index (κ3) is 4.85. The van der Waals surface area contributed by atoms with Crippen LogP contribution < -0.4 is 4.74 Å². The summed E-state index contributed by atoms with van der Waals surface area (Å²) in [5.74, 6) is 0.986. The van der Waals surface area contributed by atoms with Crippen molar-refractivity contribution in [2.24, 2.45) is 0 Å². The van der Waals surface area contributed by atoms with Crippen LogP contribution in [0.2, 0.25) is 0 Å². The molecule has 0 bridgehead atoms. The maximum atomic E-state index is 5.82. The maximum absolute atomic E-state index is 5.82. The fourth-order valence-electron chi connectivity index (χ4n) is 5.57. The zero-order valence-electron chi connectivity index (χ0n) is 24.4. The van der Waals surface area contributed by atoms with Crippen LogP contribution >= 0.6 is 0 Å². The fourth-order valence-corrected chi connectivity index (χ4v) is 5.57. The van der Waals surface area contributed by atoms with E-state index in [-0.39, 0.29) is 0 Å². The van der Waals surface area contributed by atoms with Crippen molar-refractivity contribution in [1.29, 1.82) is 0 Å². The van der Waals surface area contributed by atoms with Crippen LogP contribution in [-0.4, -0.2) is 6.61 Å². The predicted molar refractivity (Wildman–Crippen MR) is 160 cm³/mol. The molecule has 0 aliphatic heterocycles. The summed E-state index contributed by atoms with van der Waals surface area (Å²) in [7, 11) is 0. The van der Waals surface area contributed by atoms with Crippen molar-refractivity contribution in [2.75, 3.05) is 6.61 Å². The van der Waals surface area contributed by atoms with Crippen LogP contribution in [0.1, 0.15) is 68.1 Å². The fraction of sp³-hybridized carbons (Fsp3) is 0.333. The van der Waals surface area contributed by atoms with Crippen molar-refractivity contribution in [3.05, 3.63) is 110 Å². The minimum absolute atomic E-state index is 0.691. The highest BCUT2D eigenvalue weighted by molar-refractivity contribution is 5.75. The summed E-state index contributed by atoms with van der Waals surface area (Å²) in [6, 6.07) is 18.2. The quantitative estimate of drug-likeness (QED) is 0.261. The standard InChI is InChI=1S/C36H42O/c1-11-37-36-19-18-35(28(9)29(36)10)34-17-14-31(24(5)27(34)8)20-30-13-16-33(26(7)23(30)4)32-15-12-21(2)22(3)25(32)6/h12-19H,11,20H2,1-10H3. The van der Waals surface area contributed by atoms with E-state index in [0.717, 1.165) is 12.2 Å². The highest BCUT2D eigenvalue weighted by Gasteiger charge is 2.16. The SMILES string of the molecule is CCOc1ccc(-c2ccc(Cc3ccc(-c4ccc(C)c(C)c4C)c(C)c3C)c(C)c2C)c(C)c1C. The Labute approximate surface area is 224 Å². The molecule has 0 aliphatic carbocycles. The van der Waals surface area contributed by atoms with Crippen LogP contribution in [0.4, 0.5) is 0 Å². The average Bonchev–Trinajstić information content (AvgIpc) is 2.88. The van der Waals surface area contributed by atoms with Crippen LogP contribution in [0.15, 0.2) is 48.5 Å². The molecule has 0 aliphatic rings. The van der Waals surface area contributed by atoms with Gasteiger partial charge in [0, 0.05) is 0 Å². The molecular formula is C36H42O. The molecular weight excluding hydrogens is 448 g/mol. The van der Waals surface area contributed by atoms with E-state index in [0.29, 0.717) is 6.61 Å². The van der Waals surface area contributed by atoms with Crippen molar-refractivity contribution >= 4 is 0 Å². The van der Waals surface area contributed by atoms with E-state index in [1.54, 1.807) is 0 Å². The molecule has 0 radical (unpaired) electrons. The lowest BCUT2D eigenvalue weighted by molar-refractivity contribution is 0.337. The van der Waals surface area contributed by atoms with Crippen LogP contribution in [0, 0.1) is 62.3 Å². The lowest BCUT2D eigenvalue weighted by atomic mass is 9.85. The van der Waals surface area contributed by atoms with Crippen LogP contribution in [0.5, 0.6) is 5.75 Å². The van der Waals surface area contributed by atoms with Gasteiger partial charge >= 0.3 is 0 Å². The van der Waals surface area contributed by atoms with Crippen molar-refractivity contribution in [3.63, 3.8) is 0 Å². The molecule has 0 aromatic heterocycles. The highest BCUT2D eigenvalue weighted by atomic mass is 16.5. The van der Waals surface area contributed by atoms with Crippen molar-refractivity contribution in [3.8, 4) is 28.0 Å². The first-order chi connectivity index (χ1) is 17.6. The number of aryl methyl sites for hydroxylation is 1. The largest absolute Gasteiger partial charge is 0.494 e. The smallest absolute Gasteiger partial charge is 0.122 e. The Kier molecular flexibility index (Phi) is 7.64. The molecule has 1 heteroatoms. The predicted octanol–water partition coefficient (Wildman–Crippen LogP) is 9.79. The number of benzene rings is 4. The molecule has 4 aromatic carbocycles. The Bertz CT molecular complexity index is 1490. The van der Waals surface area contributed by atoms with Crippen molar-refractivity contribution in [2.45, 2.75) is 75.7 Å². The van der Waals surface area contributed by atoms with Gasteiger partial charge < -0.3 is 4.74 Å². The maximum Gasteiger partial charge on any atom is 0.122 e. The number of hydrogen-bond acceptors (Lipinski definition) is 1. The molecule has 0 unspecified atom stereocenters. The average molecular weight is 491 g/mol. The summed E-state index contributed by atoms with van der Waals surface area (Å²) in [5, 5.41) is 0. The monoisotopic (exact) mass is 490 g/mol. The minimum Gasteiger partial charge on any atom is -0.494 e. The third-order valence-electron chi connectivity index (χ3n) is 8.86. The second-order valence-corrected chi connectivity index (χ2v) is 10.7. The molecule has 1 nitrogen and oxygen atoms in total. The first-order valence-corrected chi connectivity index (χ1v) is 13.5. The molecule has 0 atom stereocenters. The van der Waals surface area contributed by atoms with Gasteiger partial charge in [0.1, 0.15) is 5.75 Å². The van der Waals surface area contributed by atoms with Gasteiger partial charge in [-0.25, -0.2) is 0 Å². The number of rotatable bonds is 6. The zero-order chi connectivity index (χ0) is 27.0. The van der Waals surface area contributed by atoms with Gasteiger partial charge in [-0.1, -0.05) is 42.5 Å². The second kappa shape index (κ2) is 10.6. The molecule has 37 heavy (non-hydrogen) atoms. The van der Waals surface area contributed by atoms with Crippen molar-refractivity contribution in [1.82, 2.24) is 0 Å². The van der Waals surface area contributed by atoms with Gasteiger partial charge in [-0.2, -0.15) is 0 Å². The zero-order valence-corrected chi connectivity index (χ0v) is 24.4. The van der Waals surface area contributed by atoms with Gasteiger partial charge in [-0.3, -0.25) is 0 Å². The van der Waals surface area contributed by atoms with E-state index in [9.17, 15) is 0 Å². The first kappa shape index (κ1) is 26.7. The molecule has 4 rings (SSSR count). The van der Waals surface area contributed by atoms with Crippen LogP contribution in [0.25, 0.3) is 22.3 Å². The summed E-state index contributed by atoms with van der Waals surface area (Å²) < 4.78 is 5.82. The van der Waals surface area contributed by atoms with Crippen LogP contribution in [-0.2, 0) is 6.42 Å². The molecule has 0 saturated carbocycles. The van der Waals surface area contributed by atoms with E-state index in [1.165, 1.54) is 83.5 Å². The van der Waals surface area contributed by atoms with Gasteiger partial charge in [0.2, 0.25) is 0 Å². The lowest BCUT2D eigenvalue weighted by Crippen LogP contribution is -2.02. The molecule has 0 saturated heterocycles. The topological polar surface area (TPSA) is 9.23 Å². The molecule has 0 spiro atoms. The summed E-state index contributed by atoms with van der Waals surface area (Å²) >= 11 is 0. The Hall–Kier alpha value is -3.32. The minimum atomic E-state index is 0.691. The molecule has 4 aromatic rings. The molecule has 0 heterocycles. The second-order valence-electron chi connectivity index (χ2n) is 10.7. The Morgan fingerprint density at radius 1 is 0.432 bits per heavy atom. The van der Waals surface area contributed by atoms with Gasteiger partial charge in [0.05, 0.1) is 6.61 Å². The normalized spacial score (nSPS) is 11.2. The van der Waals surface area contributed by atoms with E-state index in [4.69, 9.17) is 4.74 Å². The van der Waals surface area contributed by atoms with E-state index in [1.807, 2.05) is 6.92 Å². The van der Waals surface area contributed by atoms with E-state index >= 15 is 0 Å². The Morgan fingerprint density at radius 2 is 0.838 bits per heavy atom. The van der Waals surface area contributed by atoms with Crippen molar-refractivity contribution < 1.29 is 4.74 Å². The lowest BCUT2D eigenvalue weighted by Gasteiger charge is -2.20. The summed E-state index contributed by atoms with van der Waals surface area (Å²) in [6.07, 6.45) is 0.951. The van der Waals surface area contributed by atoms with E-state index in [2.05, 4.69) is 111 Å². The van der Waals surface area contributed by atoms with Gasteiger partial charge in [0.25, 0.3) is 0 Å². The first-order valence-electron chi connectivity index (χ1n) is 13.5. The number of ether oxygens (including phenoxy) is 1. The third-order valence-corrected chi connectivity index (χ3v) is 8.86. The molecule has 0 amide bonds. The van der Waals surface area contributed by atoms with Crippen LogP contribution in [0.3, 0.4) is 0 Å².